The molecule has 0 bridgehead atoms. The average Bonchev–Trinajstić information content (AvgIpc) is 2.16. The zero-order valence-corrected chi connectivity index (χ0v) is 12.2. The average molecular weight is 207 g/mol. The Kier molecular flexibility index (Phi) is 4.77. The lowest BCUT2D eigenvalue weighted by Gasteiger charge is -2.02. The molecular weight excluding hydrogens is 195 g/mol. The molecule has 1 aromatic heterocycles. The van der Waals surface area contributed by atoms with Crippen molar-refractivity contribution < 1.29 is 0 Å². The predicted molar refractivity (Wildman–Crippen MR) is 57.8 cm³/mol. The molecule has 0 spiro atoms. The van der Waals surface area contributed by atoms with Crippen LogP contribution in [-0.4, -0.2) is 60.6 Å². The summed E-state index contributed by atoms with van der Waals surface area (Å²) in [6.07, 6.45) is 0. The number of hydrogen-bond acceptors (Lipinski definition) is 3. The van der Waals surface area contributed by atoms with Crippen LogP contribution in [0.1, 0.15) is 0 Å². The standard InChI is InChI=1S/C3N3.3CH3.3Al.3H/c1-4-2-6-3-5-1;;;;;;;;;/h;3*1H3;;;;;;. The van der Waals surface area contributed by atoms with Crippen molar-refractivity contribution in [2.24, 2.45) is 0 Å². The first-order chi connectivity index (χ1) is 5.80. The Labute approximate surface area is 91.6 Å². The van der Waals surface area contributed by atoms with Gasteiger partial charge in [0, 0.05) is 14.1 Å². The Morgan fingerprint density at radius 3 is 1.08 bits per heavy atom. The van der Waals surface area contributed by atoms with Gasteiger partial charge in [-0.1, -0.05) is 0 Å². The number of nitrogens with zero attached hydrogens (tertiary/aromatic N) is 3. The second-order valence-corrected chi connectivity index (χ2v) is 6.66. The Morgan fingerprint density at radius 2 is 0.917 bits per heavy atom. The monoisotopic (exact) mass is 207 g/mol. The molecule has 0 unspecified atom stereocenters. The highest BCUT2D eigenvalue weighted by molar-refractivity contribution is 6.55. The van der Waals surface area contributed by atoms with Gasteiger partial charge in [0.25, 0.3) is 0 Å². The van der Waals surface area contributed by atoms with E-state index in [4.69, 9.17) is 0 Å². The van der Waals surface area contributed by atoms with E-state index in [9.17, 15) is 0 Å². The van der Waals surface area contributed by atoms with Gasteiger partial charge in [-0.25, -0.2) is 0 Å². The van der Waals surface area contributed by atoms with Crippen LogP contribution in [0, 0.1) is 0 Å². The molecule has 0 radical (unpaired) electrons. The van der Waals surface area contributed by atoms with Crippen LogP contribution in [0.5, 0.6) is 0 Å². The van der Waals surface area contributed by atoms with Crippen LogP contribution in [-0.2, 0) is 0 Å². The molecule has 0 aromatic carbocycles. The van der Waals surface area contributed by atoms with Crippen LogP contribution in [0.15, 0.2) is 0 Å². The fourth-order valence-corrected chi connectivity index (χ4v) is 3.71. The van der Waals surface area contributed by atoms with Gasteiger partial charge in [0.05, 0.1) is 0 Å². The maximum absolute atomic E-state index is 4.44. The molecule has 60 valence electrons. The van der Waals surface area contributed by atoms with Crippen LogP contribution in [0.2, 0.25) is 17.4 Å². The second-order valence-electron chi connectivity index (χ2n) is 2.64. The van der Waals surface area contributed by atoms with Gasteiger partial charge < -0.3 is 0 Å². The SMILES string of the molecule is [CH3][AlH][c]1n[c]([AlH][CH3])n[c]([AlH][CH3])n1. The van der Waals surface area contributed by atoms with Crippen LogP contribution in [0.3, 0.4) is 0 Å². The Morgan fingerprint density at radius 1 is 0.667 bits per heavy atom. The summed E-state index contributed by atoms with van der Waals surface area (Å²) in [6.45, 7) is 0. The minimum atomic E-state index is -0.188. The summed E-state index contributed by atoms with van der Waals surface area (Å²) < 4.78 is 3.37. The first kappa shape index (κ1) is 10.7. The summed E-state index contributed by atoms with van der Waals surface area (Å²) in [7, 11) is 0. The van der Waals surface area contributed by atoms with Crippen molar-refractivity contribution in [2.75, 3.05) is 0 Å². The fraction of sp³-hybridized carbons (Fsp3) is 0.500. The molecule has 0 atom stereocenters. The summed E-state index contributed by atoms with van der Waals surface area (Å²) in [6, 6.07) is 0. The largest absolute Gasteiger partial charge is 0.341 e. The minimum Gasteiger partial charge on any atom is -0.259 e. The van der Waals surface area contributed by atoms with Crippen LogP contribution < -0.4 is 14.1 Å². The van der Waals surface area contributed by atoms with Gasteiger partial charge in [-0.05, 0) is 0 Å². The van der Waals surface area contributed by atoms with Crippen LogP contribution >= 0.6 is 0 Å². The van der Waals surface area contributed by atoms with E-state index in [1.54, 1.807) is 0 Å². The number of aromatic nitrogens is 3. The van der Waals surface area contributed by atoms with Gasteiger partial charge in [-0.15, -0.1) is 17.4 Å². The normalized spacial score (nSPS) is 9.25. The summed E-state index contributed by atoms with van der Waals surface area (Å²) in [5.74, 6) is 6.70. The molecule has 0 amide bonds. The maximum Gasteiger partial charge on any atom is 0.341 e. The first-order valence-electron chi connectivity index (χ1n) is 4.52. The van der Waals surface area contributed by atoms with E-state index in [-0.39, 0.29) is 45.7 Å². The van der Waals surface area contributed by atoms with Crippen molar-refractivity contribution in [2.45, 2.75) is 17.4 Å². The Bertz CT molecular complexity index is 211. The molecule has 1 rings (SSSR count). The Balaban J connectivity index is 3.01. The molecule has 0 saturated carbocycles. The molecule has 0 fully saturated rings. The molecule has 0 aliphatic heterocycles. The maximum atomic E-state index is 4.44. The predicted octanol–water partition coefficient (Wildman–Crippen LogP) is -2.80. The lowest BCUT2D eigenvalue weighted by Crippen LogP contribution is -2.42. The van der Waals surface area contributed by atoms with Gasteiger partial charge in [0.2, 0.25) is 0 Å². The number of rotatable bonds is 3. The molecule has 1 heterocycles. The van der Waals surface area contributed by atoms with E-state index in [2.05, 4.69) is 32.3 Å². The van der Waals surface area contributed by atoms with E-state index in [1.807, 2.05) is 0 Å². The molecule has 0 aliphatic carbocycles. The van der Waals surface area contributed by atoms with Gasteiger partial charge >= 0.3 is 45.7 Å². The molecule has 0 aliphatic rings. The van der Waals surface area contributed by atoms with Gasteiger partial charge in [-0.3, -0.25) is 15.0 Å². The summed E-state index contributed by atoms with van der Waals surface area (Å²) >= 11 is -0.564. The van der Waals surface area contributed by atoms with E-state index in [1.165, 1.54) is 0 Å². The third kappa shape index (κ3) is 2.83. The topological polar surface area (TPSA) is 38.7 Å². The molecule has 6 heteroatoms. The highest BCUT2D eigenvalue weighted by atomic mass is 27.1. The smallest absolute Gasteiger partial charge is 0.259 e. The minimum absolute atomic E-state index is 0.188. The molecule has 12 heavy (non-hydrogen) atoms. The highest BCUT2D eigenvalue weighted by Gasteiger charge is 2.04. The van der Waals surface area contributed by atoms with Gasteiger partial charge in [0.1, 0.15) is 0 Å². The quantitative estimate of drug-likeness (QED) is 0.503. The summed E-state index contributed by atoms with van der Waals surface area (Å²) in [5.41, 5.74) is 0. The van der Waals surface area contributed by atoms with Gasteiger partial charge in [0.15, 0.2) is 0 Å². The fourth-order valence-electron chi connectivity index (χ4n) is 0.996. The number of hydrogen-bond donors (Lipinski definition) is 0. The van der Waals surface area contributed by atoms with Crippen molar-refractivity contribution in [3.05, 3.63) is 0 Å². The van der Waals surface area contributed by atoms with Crippen molar-refractivity contribution in [3.63, 3.8) is 0 Å². The third-order valence-corrected chi connectivity index (χ3v) is 4.57. The highest BCUT2D eigenvalue weighted by Crippen LogP contribution is 1.62. The molecule has 3 nitrogen and oxygen atoms in total. The summed E-state index contributed by atoms with van der Waals surface area (Å²) in [5, 5.41) is 0. The summed E-state index contributed by atoms with van der Waals surface area (Å²) in [4.78, 5) is 13.3. The van der Waals surface area contributed by atoms with E-state index >= 15 is 0 Å². The van der Waals surface area contributed by atoms with Crippen LogP contribution in [0.25, 0.3) is 0 Å². The van der Waals surface area contributed by atoms with Crippen molar-refractivity contribution >= 4 is 59.7 Å². The van der Waals surface area contributed by atoms with Crippen molar-refractivity contribution in [3.8, 4) is 0 Å². The van der Waals surface area contributed by atoms with Crippen LogP contribution in [0.4, 0.5) is 0 Å². The first-order valence-corrected chi connectivity index (χ1v) is 10.9. The van der Waals surface area contributed by atoms with E-state index in [0.29, 0.717) is 0 Å². The molecular formula is C6H12Al3N3. The molecule has 0 saturated heterocycles. The lowest BCUT2D eigenvalue weighted by molar-refractivity contribution is 1.18. The third-order valence-electron chi connectivity index (χ3n) is 1.72. The lowest BCUT2D eigenvalue weighted by atomic mass is 11.0. The Hall–Kier alpha value is 0.607. The van der Waals surface area contributed by atoms with Gasteiger partial charge in [-0.2, -0.15) is 0 Å². The van der Waals surface area contributed by atoms with E-state index < -0.39 is 0 Å². The van der Waals surface area contributed by atoms with Crippen molar-refractivity contribution in [1.29, 1.82) is 0 Å². The van der Waals surface area contributed by atoms with E-state index in [0.717, 1.165) is 14.1 Å². The molecule has 0 N–H and O–H groups in total. The molecule has 1 aromatic rings. The zero-order chi connectivity index (χ0) is 8.97. The zero-order valence-electron chi connectivity index (χ0n) is 7.96. The van der Waals surface area contributed by atoms with Crippen molar-refractivity contribution in [1.82, 2.24) is 15.0 Å². The second kappa shape index (κ2) is 5.36.